The summed E-state index contributed by atoms with van der Waals surface area (Å²) in [6.07, 6.45) is 5.22. The van der Waals surface area contributed by atoms with Crippen LogP contribution in [-0.2, 0) is 0 Å². The summed E-state index contributed by atoms with van der Waals surface area (Å²) in [6.45, 7) is 5.44. The number of anilines is 1. The summed E-state index contributed by atoms with van der Waals surface area (Å²) < 4.78 is 2.45. The molecule has 2 nitrogen and oxygen atoms in total. The molecule has 4 heteroatoms. The zero-order chi connectivity index (χ0) is 14.3. The van der Waals surface area contributed by atoms with Crippen molar-refractivity contribution in [2.45, 2.75) is 57.7 Å². The smallest absolute Gasteiger partial charge is 0.0660 e. The molecule has 2 atom stereocenters. The summed E-state index contributed by atoms with van der Waals surface area (Å²) >= 11 is 7.55. The summed E-state index contributed by atoms with van der Waals surface area (Å²) in [5.41, 5.74) is 2.65. The minimum Gasteiger partial charge on any atom is -0.364 e. The second-order valence-corrected chi connectivity index (χ2v) is 7.80. The van der Waals surface area contributed by atoms with Crippen molar-refractivity contribution in [2.75, 3.05) is 11.4 Å². The maximum atomic E-state index is 3.77. The molecule has 0 saturated carbocycles. The monoisotopic (exact) mass is 400 g/mol. The number of aryl methyl sites for hydroxylation is 1. The van der Waals surface area contributed by atoms with Crippen LogP contribution in [0.1, 0.15) is 38.2 Å². The van der Waals surface area contributed by atoms with Crippen molar-refractivity contribution in [3.05, 3.63) is 26.6 Å². The molecule has 2 fully saturated rings. The number of nitrogens with one attached hydrogen (secondary N) is 1. The number of benzene rings is 1. The average molecular weight is 402 g/mol. The van der Waals surface area contributed by atoms with Crippen LogP contribution in [0.5, 0.6) is 0 Å². The van der Waals surface area contributed by atoms with E-state index >= 15 is 0 Å². The Labute approximate surface area is 138 Å². The first kappa shape index (κ1) is 14.9. The van der Waals surface area contributed by atoms with E-state index in [0.29, 0.717) is 18.1 Å². The van der Waals surface area contributed by atoms with Gasteiger partial charge in [0.25, 0.3) is 0 Å². The standard InChI is InChI=1S/C16H22Br2N2/c1-3-19-11-8-12-4-5-13(9-11)20(12)16-14(17)6-10(2)7-15(16)18/h6-7,11-13,19H,3-5,8-9H2,1-2H3. The minimum absolute atomic E-state index is 0.688. The van der Waals surface area contributed by atoms with Crippen molar-refractivity contribution < 1.29 is 0 Å². The lowest BCUT2D eigenvalue weighted by Crippen LogP contribution is -2.49. The van der Waals surface area contributed by atoms with Gasteiger partial charge in [0.05, 0.1) is 5.69 Å². The van der Waals surface area contributed by atoms with Crippen LogP contribution >= 0.6 is 31.9 Å². The number of hydrogen-bond donors (Lipinski definition) is 1. The lowest BCUT2D eigenvalue weighted by atomic mass is 9.96. The largest absolute Gasteiger partial charge is 0.364 e. The number of rotatable bonds is 3. The zero-order valence-electron chi connectivity index (χ0n) is 12.1. The Morgan fingerprint density at radius 3 is 2.20 bits per heavy atom. The molecule has 2 unspecified atom stereocenters. The van der Waals surface area contributed by atoms with Crippen LogP contribution in [-0.4, -0.2) is 24.7 Å². The van der Waals surface area contributed by atoms with Gasteiger partial charge in [0.15, 0.2) is 0 Å². The van der Waals surface area contributed by atoms with E-state index < -0.39 is 0 Å². The molecule has 0 aromatic heterocycles. The van der Waals surface area contributed by atoms with Crippen molar-refractivity contribution in [1.29, 1.82) is 0 Å². The Hall–Kier alpha value is -0.0600. The van der Waals surface area contributed by atoms with E-state index in [4.69, 9.17) is 0 Å². The van der Waals surface area contributed by atoms with Crippen LogP contribution in [0, 0.1) is 6.92 Å². The Morgan fingerprint density at radius 2 is 1.70 bits per heavy atom. The van der Waals surface area contributed by atoms with E-state index in [1.54, 1.807) is 0 Å². The highest BCUT2D eigenvalue weighted by atomic mass is 79.9. The van der Waals surface area contributed by atoms with E-state index in [2.05, 4.69) is 68.1 Å². The summed E-state index contributed by atoms with van der Waals surface area (Å²) in [5.74, 6) is 0. The molecule has 3 rings (SSSR count). The quantitative estimate of drug-likeness (QED) is 0.794. The normalized spacial score (nSPS) is 29.0. The first-order valence-electron chi connectivity index (χ1n) is 7.57. The Kier molecular flexibility index (Phi) is 4.44. The molecular formula is C16H22Br2N2. The van der Waals surface area contributed by atoms with Gasteiger partial charge in [0.2, 0.25) is 0 Å². The topological polar surface area (TPSA) is 15.3 Å². The van der Waals surface area contributed by atoms with Gasteiger partial charge in [-0.15, -0.1) is 0 Å². The Morgan fingerprint density at radius 1 is 1.15 bits per heavy atom. The minimum atomic E-state index is 0.688. The van der Waals surface area contributed by atoms with Crippen molar-refractivity contribution in [3.8, 4) is 0 Å². The number of piperidine rings is 1. The molecular weight excluding hydrogens is 380 g/mol. The first-order chi connectivity index (χ1) is 9.60. The van der Waals surface area contributed by atoms with Crippen LogP contribution < -0.4 is 10.2 Å². The van der Waals surface area contributed by atoms with Crippen molar-refractivity contribution in [3.63, 3.8) is 0 Å². The fraction of sp³-hybridized carbons (Fsp3) is 0.625. The summed E-state index contributed by atoms with van der Waals surface area (Å²) in [6, 6.07) is 6.55. The van der Waals surface area contributed by atoms with E-state index in [1.807, 2.05) is 0 Å². The molecule has 0 amide bonds. The molecule has 0 aliphatic carbocycles. The number of halogens is 2. The van der Waals surface area contributed by atoms with Gasteiger partial charge in [-0.2, -0.15) is 0 Å². The Bertz CT molecular complexity index is 466. The summed E-state index contributed by atoms with van der Waals surface area (Å²) in [5, 5.41) is 3.65. The van der Waals surface area contributed by atoms with E-state index in [9.17, 15) is 0 Å². The van der Waals surface area contributed by atoms with Crippen LogP contribution in [0.4, 0.5) is 5.69 Å². The lowest BCUT2D eigenvalue weighted by Gasteiger charge is -2.41. The van der Waals surface area contributed by atoms with Gasteiger partial charge in [-0.1, -0.05) is 6.92 Å². The average Bonchev–Trinajstić information content (AvgIpc) is 2.62. The number of hydrogen-bond acceptors (Lipinski definition) is 2. The third-order valence-electron chi connectivity index (χ3n) is 4.65. The van der Waals surface area contributed by atoms with E-state index in [1.165, 1.54) is 45.9 Å². The maximum Gasteiger partial charge on any atom is 0.0660 e. The third-order valence-corrected chi connectivity index (χ3v) is 5.85. The highest BCUT2D eigenvalue weighted by Crippen LogP contribution is 2.45. The highest BCUT2D eigenvalue weighted by Gasteiger charge is 2.41. The van der Waals surface area contributed by atoms with E-state index in [0.717, 1.165) is 6.54 Å². The zero-order valence-corrected chi connectivity index (χ0v) is 15.3. The lowest BCUT2D eigenvalue weighted by molar-refractivity contribution is 0.361. The van der Waals surface area contributed by atoms with Gasteiger partial charge in [-0.25, -0.2) is 0 Å². The predicted octanol–water partition coefficient (Wildman–Crippen LogP) is 4.63. The second kappa shape index (κ2) is 5.98. The van der Waals surface area contributed by atoms with Crippen LogP contribution in [0.2, 0.25) is 0 Å². The van der Waals surface area contributed by atoms with E-state index in [-0.39, 0.29) is 0 Å². The SMILES string of the molecule is CCNC1CC2CCC(C1)N2c1c(Br)cc(C)cc1Br. The van der Waals surface area contributed by atoms with Gasteiger partial charge in [-0.05, 0) is 88.7 Å². The number of fused-ring (bicyclic) bond motifs is 2. The number of nitrogens with zero attached hydrogens (tertiary/aromatic N) is 1. The molecule has 0 radical (unpaired) electrons. The molecule has 1 aromatic rings. The van der Waals surface area contributed by atoms with Crippen molar-refractivity contribution in [2.24, 2.45) is 0 Å². The summed E-state index contributed by atoms with van der Waals surface area (Å²) in [7, 11) is 0. The molecule has 1 aromatic carbocycles. The van der Waals surface area contributed by atoms with Gasteiger partial charge in [-0.3, -0.25) is 0 Å². The molecule has 20 heavy (non-hydrogen) atoms. The van der Waals surface area contributed by atoms with Crippen molar-refractivity contribution in [1.82, 2.24) is 5.32 Å². The van der Waals surface area contributed by atoms with Gasteiger partial charge >= 0.3 is 0 Å². The molecule has 2 heterocycles. The van der Waals surface area contributed by atoms with Gasteiger partial charge < -0.3 is 10.2 Å². The predicted molar refractivity (Wildman–Crippen MR) is 92.6 cm³/mol. The molecule has 2 aliphatic rings. The second-order valence-electron chi connectivity index (χ2n) is 6.10. The molecule has 2 saturated heterocycles. The van der Waals surface area contributed by atoms with Crippen LogP contribution in [0.25, 0.3) is 0 Å². The van der Waals surface area contributed by atoms with Gasteiger partial charge in [0.1, 0.15) is 0 Å². The molecule has 2 aliphatic heterocycles. The molecule has 1 N–H and O–H groups in total. The fourth-order valence-corrected chi connectivity index (χ4v) is 5.76. The maximum absolute atomic E-state index is 3.77. The molecule has 0 spiro atoms. The Balaban J connectivity index is 1.89. The highest BCUT2D eigenvalue weighted by molar-refractivity contribution is 9.11. The third kappa shape index (κ3) is 2.67. The fourth-order valence-electron chi connectivity index (χ4n) is 3.94. The summed E-state index contributed by atoms with van der Waals surface area (Å²) in [4.78, 5) is 2.67. The first-order valence-corrected chi connectivity index (χ1v) is 9.16. The molecule has 110 valence electrons. The van der Waals surface area contributed by atoms with Crippen LogP contribution in [0.15, 0.2) is 21.1 Å². The van der Waals surface area contributed by atoms with Crippen molar-refractivity contribution >= 4 is 37.5 Å². The van der Waals surface area contributed by atoms with Crippen LogP contribution in [0.3, 0.4) is 0 Å². The molecule has 2 bridgehead atoms. The van der Waals surface area contributed by atoms with Gasteiger partial charge in [0, 0.05) is 27.1 Å².